The van der Waals surface area contributed by atoms with Gasteiger partial charge in [-0.15, -0.1) is 0 Å². The Morgan fingerprint density at radius 1 is 1.14 bits per heavy atom. The minimum Gasteiger partial charge on any atom is -0.480 e. The van der Waals surface area contributed by atoms with Crippen molar-refractivity contribution < 1.29 is 24.3 Å². The van der Waals surface area contributed by atoms with E-state index in [0.29, 0.717) is 11.3 Å². The van der Waals surface area contributed by atoms with Crippen LogP contribution in [-0.2, 0) is 16.0 Å². The maximum atomic E-state index is 12.1. The molecule has 0 bridgehead atoms. The predicted octanol–water partition coefficient (Wildman–Crippen LogP) is 0.114. The van der Waals surface area contributed by atoms with Crippen molar-refractivity contribution in [3.05, 3.63) is 59.9 Å². The van der Waals surface area contributed by atoms with Gasteiger partial charge in [0.1, 0.15) is 6.04 Å². The molecule has 2 aromatic rings. The third-order valence-electron chi connectivity index (χ3n) is 3.60. The summed E-state index contributed by atoms with van der Waals surface area (Å²) in [6.45, 7) is -0.414. The van der Waals surface area contributed by atoms with Crippen molar-refractivity contribution >= 4 is 29.5 Å². The van der Waals surface area contributed by atoms with Crippen molar-refractivity contribution in [2.75, 3.05) is 11.9 Å². The standard InChI is InChI=1S/C18H19N5O5/c19-18(28)22-13-5-1-4-12(8-13)16(25)21-10-15(24)23-14(17(26)27)7-11-3-2-6-20-9-11/h1-6,8-9,14H,7,10H2,(H,21,25)(H,23,24)(H,26,27)(H3,19,22,28). The molecule has 1 aromatic heterocycles. The number of urea groups is 1. The number of hydrogen-bond acceptors (Lipinski definition) is 5. The highest BCUT2D eigenvalue weighted by molar-refractivity contribution is 5.98. The van der Waals surface area contributed by atoms with Crippen LogP contribution in [0.5, 0.6) is 0 Å². The molecule has 0 saturated carbocycles. The summed E-state index contributed by atoms with van der Waals surface area (Å²) in [7, 11) is 0. The van der Waals surface area contributed by atoms with Crippen LogP contribution in [0.4, 0.5) is 10.5 Å². The van der Waals surface area contributed by atoms with Crippen LogP contribution < -0.4 is 21.7 Å². The first-order valence-corrected chi connectivity index (χ1v) is 8.21. The van der Waals surface area contributed by atoms with Gasteiger partial charge in [0.25, 0.3) is 5.91 Å². The number of carboxylic acid groups (broad SMARTS) is 1. The minimum atomic E-state index is -1.20. The fourth-order valence-electron chi connectivity index (χ4n) is 2.34. The Morgan fingerprint density at radius 3 is 2.57 bits per heavy atom. The zero-order chi connectivity index (χ0) is 20.5. The zero-order valence-electron chi connectivity index (χ0n) is 14.7. The Kier molecular flexibility index (Phi) is 7.03. The van der Waals surface area contributed by atoms with Crippen molar-refractivity contribution in [2.24, 2.45) is 5.73 Å². The molecule has 1 heterocycles. The van der Waals surface area contributed by atoms with E-state index in [1.54, 1.807) is 24.4 Å². The number of aromatic nitrogens is 1. The van der Waals surface area contributed by atoms with E-state index in [4.69, 9.17) is 5.73 Å². The highest BCUT2D eigenvalue weighted by Gasteiger charge is 2.21. The number of hydrogen-bond donors (Lipinski definition) is 5. The maximum Gasteiger partial charge on any atom is 0.326 e. The normalized spacial score (nSPS) is 11.1. The van der Waals surface area contributed by atoms with Crippen LogP contribution >= 0.6 is 0 Å². The van der Waals surface area contributed by atoms with E-state index >= 15 is 0 Å². The summed E-state index contributed by atoms with van der Waals surface area (Å²) in [4.78, 5) is 50.3. The molecular weight excluding hydrogens is 366 g/mol. The number of anilines is 1. The second kappa shape index (κ2) is 9.67. The van der Waals surface area contributed by atoms with Gasteiger partial charge < -0.3 is 26.8 Å². The SMILES string of the molecule is NC(=O)Nc1cccc(C(=O)NCC(=O)NC(Cc2cccnc2)C(=O)O)c1. The molecule has 1 atom stereocenters. The molecule has 0 saturated heterocycles. The monoisotopic (exact) mass is 385 g/mol. The van der Waals surface area contributed by atoms with Crippen LogP contribution in [-0.4, -0.2) is 46.5 Å². The quantitative estimate of drug-likeness (QED) is 0.433. The molecule has 2 rings (SSSR count). The molecule has 28 heavy (non-hydrogen) atoms. The molecule has 0 fully saturated rings. The summed E-state index contributed by atoms with van der Waals surface area (Å²) >= 11 is 0. The first kappa shape index (κ1) is 20.4. The predicted molar refractivity (Wildman–Crippen MR) is 99.5 cm³/mol. The van der Waals surface area contributed by atoms with Crippen molar-refractivity contribution in [2.45, 2.75) is 12.5 Å². The minimum absolute atomic E-state index is 0.0592. The molecule has 1 unspecified atom stereocenters. The number of nitrogens with zero attached hydrogens (tertiary/aromatic N) is 1. The van der Waals surface area contributed by atoms with E-state index < -0.39 is 36.4 Å². The number of carbonyl (C=O) groups excluding carboxylic acids is 3. The Bertz CT molecular complexity index is 872. The number of aliphatic carboxylic acids is 1. The molecule has 0 aliphatic heterocycles. The molecule has 0 aliphatic carbocycles. The molecule has 1 aromatic carbocycles. The van der Waals surface area contributed by atoms with Gasteiger partial charge in [0.15, 0.2) is 0 Å². The number of carboxylic acids is 1. The molecule has 146 valence electrons. The molecule has 10 nitrogen and oxygen atoms in total. The van der Waals surface area contributed by atoms with Gasteiger partial charge in [0.2, 0.25) is 5.91 Å². The number of nitrogens with one attached hydrogen (secondary N) is 3. The Labute approximate surface area is 160 Å². The van der Waals surface area contributed by atoms with E-state index in [-0.39, 0.29) is 12.0 Å². The highest BCUT2D eigenvalue weighted by atomic mass is 16.4. The molecule has 6 N–H and O–H groups in total. The molecule has 0 radical (unpaired) electrons. The largest absolute Gasteiger partial charge is 0.480 e. The van der Waals surface area contributed by atoms with Crippen molar-refractivity contribution in [1.82, 2.24) is 15.6 Å². The third kappa shape index (κ3) is 6.41. The summed E-state index contributed by atoms with van der Waals surface area (Å²) in [5.41, 5.74) is 6.19. The van der Waals surface area contributed by atoms with E-state index in [1.807, 2.05) is 0 Å². The van der Waals surface area contributed by atoms with Crippen molar-refractivity contribution in [1.29, 1.82) is 0 Å². The average Bonchev–Trinajstić information content (AvgIpc) is 2.66. The molecule has 10 heteroatoms. The van der Waals surface area contributed by atoms with Gasteiger partial charge in [-0.1, -0.05) is 12.1 Å². The Hall–Kier alpha value is -3.95. The summed E-state index contributed by atoms with van der Waals surface area (Å²) in [5.74, 6) is -2.42. The summed E-state index contributed by atoms with van der Waals surface area (Å²) in [6.07, 6.45) is 3.13. The fraction of sp³-hybridized carbons (Fsp3) is 0.167. The maximum absolute atomic E-state index is 12.1. The Balaban J connectivity index is 1.90. The first-order valence-electron chi connectivity index (χ1n) is 8.21. The second-order valence-electron chi connectivity index (χ2n) is 5.78. The van der Waals surface area contributed by atoms with Crippen molar-refractivity contribution in [3.63, 3.8) is 0 Å². The number of amides is 4. The lowest BCUT2D eigenvalue weighted by Gasteiger charge is -2.15. The van der Waals surface area contributed by atoms with Gasteiger partial charge in [-0.05, 0) is 29.8 Å². The van der Waals surface area contributed by atoms with E-state index in [0.717, 1.165) is 0 Å². The van der Waals surface area contributed by atoms with Gasteiger partial charge in [-0.2, -0.15) is 0 Å². The van der Waals surface area contributed by atoms with Crippen LogP contribution in [0.1, 0.15) is 15.9 Å². The molecule has 0 spiro atoms. The molecule has 4 amide bonds. The summed E-state index contributed by atoms with van der Waals surface area (Å²) in [5, 5.41) is 16.4. The number of primary amides is 1. The topological polar surface area (TPSA) is 164 Å². The van der Waals surface area contributed by atoms with Crippen LogP contribution in [0.2, 0.25) is 0 Å². The van der Waals surface area contributed by atoms with Crippen molar-refractivity contribution in [3.8, 4) is 0 Å². The van der Waals surface area contributed by atoms with Gasteiger partial charge in [-0.3, -0.25) is 14.6 Å². The van der Waals surface area contributed by atoms with E-state index in [1.165, 1.54) is 24.4 Å². The molecular formula is C18H19N5O5. The van der Waals surface area contributed by atoms with Gasteiger partial charge >= 0.3 is 12.0 Å². The molecule has 0 aliphatic rings. The summed E-state index contributed by atoms with van der Waals surface area (Å²) in [6, 6.07) is 7.39. The number of rotatable bonds is 8. The second-order valence-corrected chi connectivity index (χ2v) is 5.78. The van der Waals surface area contributed by atoms with Gasteiger partial charge in [-0.25, -0.2) is 9.59 Å². The highest BCUT2D eigenvalue weighted by Crippen LogP contribution is 2.10. The number of nitrogens with two attached hydrogens (primary N) is 1. The first-order chi connectivity index (χ1) is 13.3. The Morgan fingerprint density at radius 2 is 1.93 bits per heavy atom. The lowest BCUT2D eigenvalue weighted by molar-refractivity contribution is -0.141. The van der Waals surface area contributed by atoms with Crippen LogP contribution in [0.25, 0.3) is 0 Å². The average molecular weight is 385 g/mol. The van der Waals surface area contributed by atoms with Crippen LogP contribution in [0.3, 0.4) is 0 Å². The fourth-order valence-corrected chi connectivity index (χ4v) is 2.34. The smallest absolute Gasteiger partial charge is 0.326 e. The lowest BCUT2D eigenvalue weighted by Crippen LogP contribution is -2.46. The van der Waals surface area contributed by atoms with E-state index in [9.17, 15) is 24.3 Å². The third-order valence-corrected chi connectivity index (χ3v) is 3.60. The van der Waals surface area contributed by atoms with Gasteiger partial charge in [0.05, 0.1) is 6.54 Å². The van der Waals surface area contributed by atoms with Crippen LogP contribution in [0.15, 0.2) is 48.8 Å². The van der Waals surface area contributed by atoms with Crippen LogP contribution in [0, 0.1) is 0 Å². The number of pyridine rings is 1. The summed E-state index contributed by atoms with van der Waals surface area (Å²) < 4.78 is 0. The van der Waals surface area contributed by atoms with E-state index in [2.05, 4.69) is 20.9 Å². The number of carbonyl (C=O) groups is 4. The van der Waals surface area contributed by atoms with Gasteiger partial charge in [0, 0.05) is 30.1 Å². The number of benzene rings is 1. The lowest BCUT2D eigenvalue weighted by atomic mass is 10.1. The zero-order valence-corrected chi connectivity index (χ0v) is 14.7.